The zero-order valence-electron chi connectivity index (χ0n) is 9.80. The highest BCUT2D eigenvalue weighted by atomic mass is 16.5. The Kier molecular flexibility index (Phi) is 2.30. The largest absolute Gasteiger partial charge is 0.350 e. The van der Waals surface area contributed by atoms with Gasteiger partial charge in [0.1, 0.15) is 0 Å². The number of hydrogen-bond acceptors (Lipinski definition) is 2. The van der Waals surface area contributed by atoms with Gasteiger partial charge in [-0.3, -0.25) is 4.79 Å². The molecule has 3 heteroatoms. The molecular formula is C14H15NO2. The van der Waals surface area contributed by atoms with Gasteiger partial charge in [-0.05, 0) is 25.0 Å². The summed E-state index contributed by atoms with van der Waals surface area (Å²) in [4.78, 5) is 13.7. The Morgan fingerprint density at radius 1 is 1.41 bits per heavy atom. The maximum absolute atomic E-state index is 11.8. The van der Waals surface area contributed by atoms with Crippen molar-refractivity contribution < 1.29 is 9.53 Å². The van der Waals surface area contributed by atoms with Crippen LogP contribution >= 0.6 is 0 Å². The first-order valence-corrected chi connectivity index (χ1v) is 5.89. The van der Waals surface area contributed by atoms with Gasteiger partial charge in [0, 0.05) is 6.08 Å². The standard InChI is InChI=1S/C14H15NO2/c1-14-8-7-13(16)15(14)12(10-17-14)9-11-5-3-2-4-6-11/h2-8,12H,9-10H2,1H3/t12-,14+/m0/s1. The molecule has 17 heavy (non-hydrogen) atoms. The lowest BCUT2D eigenvalue weighted by Crippen LogP contribution is -2.44. The molecule has 1 amide bonds. The van der Waals surface area contributed by atoms with Crippen LogP contribution in [0.15, 0.2) is 42.5 Å². The smallest absolute Gasteiger partial charge is 0.249 e. The molecule has 1 aromatic carbocycles. The van der Waals surface area contributed by atoms with Gasteiger partial charge in [-0.2, -0.15) is 0 Å². The molecule has 0 N–H and O–H groups in total. The minimum Gasteiger partial charge on any atom is -0.350 e. The fourth-order valence-electron chi connectivity index (χ4n) is 2.64. The Bertz CT molecular complexity index is 468. The van der Waals surface area contributed by atoms with Crippen LogP contribution in [0.2, 0.25) is 0 Å². The molecule has 0 bridgehead atoms. The Hall–Kier alpha value is -1.61. The van der Waals surface area contributed by atoms with Gasteiger partial charge in [0.25, 0.3) is 0 Å². The first-order valence-electron chi connectivity index (χ1n) is 5.89. The highest BCUT2D eigenvalue weighted by Crippen LogP contribution is 2.34. The summed E-state index contributed by atoms with van der Waals surface area (Å²) in [6.07, 6.45) is 4.31. The maximum Gasteiger partial charge on any atom is 0.249 e. The first kappa shape index (κ1) is 10.5. The molecule has 2 heterocycles. The van der Waals surface area contributed by atoms with Crippen LogP contribution in [-0.2, 0) is 16.0 Å². The maximum atomic E-state index is 11.8. The van der Waals surface area contributed by atoms with Gasteiger partial charge in [0.2, 0.25) is 5.91 Å². The van der Waals surface area contributed by atoms with Crippen molar-refractivity contribution >= 4 is 5.91 Å². The summed E-state index contributed by atoms with van der Waals surface area (Å²) in [7, 11) is 0. The van der Waals surface area contributed by atoms with Crippen LogP contribution < -0.4 is 0 Å². The van der Waals surface area contributed by atoms with Gasteiger partial charge in [0.05, 0.1) is 12.6 Å². The lowest BCUT2D eigenvalue weighted by Gasteiger charge is -2.29. The molecule has 1 aromatic rings. The van der Waals surface area contributed by atoms with Crippen LogP contribution in [0, 0.1) is 0 Å². The van der Waals surface area contributed by atoms with Crippen LogP contribution in [-0.4, -0.2) is 29.2 Å². The van der Waals surface area contributed by atoms with Crippen molar-refractivity contribution in [2.24, 2.45) is 0 Å². The van der Waals surface area contributed by atoms with E-state index in [1.807, 2.05) is 36.1 Å². The van der Waals surface area contributed by atoms with Crippen molar-refractivity contribution in [2.45, 2.75) is 25.1 Å². The molecule has 0 aliphatic carbocycles. The van der Waals surface area contributed by atoms with Gasteiger partial charge in [-0.1, -0.05) is 30.3 Å². The van der Waals surface area contributed by atoms with E-state index < -0.39 is 5.72 Å². The van der Waals surface area contributed by atoms with E-state index in [2.05, 4.69) is 12.1 Å². The molecular weight excluding hydrogens is 214 g/mol. The van der Waals surface area contributed by atoms with Gasteiger partial charge in [-0.15, -0.1) is 0 Å². The molecule has 0 radical (unpaired) electrons. The number of carbonyl (C=O) groups excluding carboxylic acids is 1. The second-order valence-corrected chi connectivity index (χ2v) is 4.75. The van der Waals surface area contributed by atoms with Gasteiger partial charge >= 0.3 is 0 Å². The number of ether oxygens (including phenoxy) is 1. The predicted octanol–water partition coefficient (Wildman–Crippen LogP) is 1.74. The van der Waals surface area contributed by atoms with Crippen LogP contribution in [0.1, 0.15) is 12.5 Å². The topological polar surface area (TPSA) is 29.5 Å². The highest BCUT2D eigenvalue weighted by molar-refractivity contribution is 5.91. The molecule has 3 rings (SSSR count). The Morgan fingerprint density at radius 3 is 2.94 bits per heavy atom. The number of amides is 1. The van der Waals surface area contributed by atoms with Crippen molar-refractivity contribution in [3.63, 3.8) is 0 Å². The molecule has 1 saturated heterocycles. The summed E-state index contributed by atoms with van der Waals surface area (Å²) >= 11 is 0. The van der Waals surface area contributed by atoms with Crippen molar-refractivity contribution in [1.29, 1.82) is 0 Å². The summed E-state index contributed by atoms with van der Waals surface area (Å²) in [5, 5.41) is 0. The minimum absolute atomic E-state index is 0.0610. The van der Waals surface area contributed by atoms with E-state index in [9.17, 15) is 4.79 Å². The fourth-order valence-corrected chi connectivity index (χ4v) is 2.64. The number of carbonyl (C=O) groups is 1. The summed E-state index contributed by atoms with van der Waals surface area (Å²) in [5.41, 5.74) is 0.723. The van der Waals surface area contributed by atoms with E-state index in [4.69, 9.17) is 4.74 Å². The average molecular weight is 229 g/mol. The molecule has 88 valence electrons. The van der Waals surface area contributed by atoms with E-state index in [-0.39, 0.29) is 11.9 Å². The molecule has 1 fully saturated rings. The van der Waals surface area contributed by atoms with Crippen molar-refractivity contribution in [1.82, 2.24) is 4.90 Å². The first-order chi connectivity index (χ1) is 8.19. The molecule has 0 spiro atoms. The van der Waals surface area contributed by atoms with Crippen LogP contribution in [0.3, 0.4) is 0 Å². The quantitative estimate of drug-likeness (QED) is 0.773. The molecule has 0 unspecified atom stereocenters. The van der Waals surface area contributed by atoms with Crippen LogP contribution in [0.5, 0.6) is 0 Å². The highest BCUT2D eigenvalue weighted by Gasteiger charge is 2.47. The summed E-state index contributed by atoms with van der Waals surface area (Å²) < 4.78 is 5.74. The Balaban J connectivity index is 1.80. The Labute approximate surface area is 101 Å². The minimum atomic E-state index is -0.517. The number of rotatable bonds is 2. The summed E-state index contributed by atoms with van der Waals surface area (Å²) in [6.45, 7) is 2.56. The van der Waals surface area contributed by atoms with Crippen molar-refractivity contribution in [3.05, 3.63) is 48.0 Å². The molecule has 0 saturated carbocycles. The lowest BCUT2D eigenvalue weighted by molar-refractivity contribution is -0.134. The zero-order valence-corrected chi connectivity index (χ0v) is 9.80. The van der Waals surface area contributed by atoms with Gasteiger partial charge < -0.3 is 9.64 Å². The zero-order chi connectivity index (χ0) is 11.9. The Morgan fingerprint density at radius 2 is 2.18 bits per heavy atom. The predicted molar refractivity (Wildman–Crippen MR) is 64.3 cm³/mol. The third-order valence-corrected chi connectivity index (χ3v) is 3.50. The third-order valence-electron chi connectivity index (χ3n) is 3.50. The van der Waals surface area contributed by atoms with Crippen LogP contribution in [0.4, 0.5) is 0 Å². The third kappa shape index (κ3) is 1.67. The van der Waals surface area contributed by atoms with Gasteiger partial charge in [-0.25, -0.2) is 0 Å². The van der Waals surface area contributed by atoms with E-state index in [1.54, 1.807) is 6.08 Å². The van der Waals surface area contributed by atoms with Gasteiger partial charge in [0.15, 0.2) is 5.72 Å². The van der Waals surface area contributed by atoms with E-state index in [0.29, 0.717) is 6.61 Å². The molecule has 3 nitrogen and oxygen atoms in total. The number of fused-ring (bicyclic) bond motifs is 1. The van der Waals surface area contributed by atoms with Crippen LogP contribution in [0.25, 0.3) is 0 Å². The number of nitrogens with zero attached hydrogens (tertiary/aromatic N) is 1. The van der Waals surface area contributed by atoms with Crippen molar-refractivity contribution in [3.8, 4) is 0 Å². The summed E-state index contributed by atoms with van der Waals surface area (Å²) in [6, 6.07) is 10.4. The fraction of sp³-hybridized carbons (Fsp3) is 0.357. The molecule has 2 aliphatic rings. The normalized spacial score (nSPS) is 31.0. The second kappa shape index (κ2) is 3.70. The monoisotopic (exact) mass is 229 g/mol. The summed E-state index contributed by atoms with van der Waals surface area (Å²) in [5.74, 6) is 0.0610. The van der Waals surface area contributed by atoms with E-state index >= 15 is 0 Å². The molecule has 2 aliphatic heterocycles. The SMILES string of the molecule is C[C@@]12C=CC(=O)N1[C@@H](Cc1ccccc1)CO2. The second-order valence-electron chi connectivity index (χ2n) is 4.75. The molecule has 0 aromatic heterocycles. The molecule has 2 atom stereocenters. The average Bonchev–Trinajstić information content (AvgIpc) is 2.80. The van der Waals surface area contributed by atoms with E-state index in [0.717, 1.165) is 6.42 Å². The van der Waals surface area contributed by atoms with Crippen molar-refractivity contribution in [2.75, 3.05) is 6.61 Å². The number of hydrogen-bond donors (Lipinski definition) is 0. The number of benzene rings is 1. The lowest BCUT2D eigenvalue weighted by atomic mass is 10.1. The van der Waals surface area contributed by atoms with E-state index in [1.165, 1.54) is 5.56 Å².